The molecule has 0 aromatic heterocycles. The van der Waals surface area contributed by atoms with Crippen molar-refractivity contribution in [2.24, 2.45) is 0 Å². The van der Waals surface area contributed by atoms with E-state index >= 15 is 0 Å². The number of rotatable bonds is 2. The van der Waals surface area contributed by atoms with Gasteiger partial charge in [-0.3, -0.25) is 4.79 Å². The highest BCUT2D eigenvalue weighted by Gasteiger charge is 2.41. The largest absolute Gasteiger partial charge is 0.306 e. The smallest absolute Gasteiger partial charge is 0.140 e. The summed E-state index contributed by atoms with van der Waals surface area (Å²) in [7, 11) is 4.36. The third-order valence-corrected chi connectivity index (χ3v) is 9.11. The number of ketones is 1. The third-order valence-electron chi connectivity index (χ3n) is 7.75. The zero-order valence-corrected chi connectivity index (χ0v) is 22.1. The highest BCUT2D eigenvalue weighted by molar-refractivity contribution is 7.99. The molecule has 2 saturated heterocycles. The summed E-state index contributed by atoms with van der Waals surface area (Å²) in [5, 5.41) is 0. The lowest BCUT2D eigenvalue weighted by Gasteiger charge is -2.39. The normalized spacial score (nSPS) is 21.2. The average Bonchev–Trinajstić information content (AvgIpc) is 3.22. The van der Waals surface area contributed by atoms with Crippen molar-refractivity contribution in [3.8, 4) is 0 Å². The van der Waals surface area contributed by atoms with Gasteiger partial charge in [0.1, 0.15) is 5.78 Å². The molecular weight excluding hydrogens is 424 g/mol. The van der Waals surface area contributed by atoms with Crippen LogP contribution in [0.4, 0.5) is 0 Å². The molecule has 4 heteroatoms. The number of benzene rings is 2. The maximum absolute atomic E-state index is 12.0. The number of hydrogen-bond acceptors (Lipinski definition) is 4. The maximum atomic E-state index is 12.0. The number of piperidine rings is 2. The first kappa shape index (κ1) is 26.0. The molecule has 3 nitrogen and oxygen atoms in total. The lowest BCUT2D eigenvalue weighted by atomic mass is 9.70. The van der Waals surface area contributed by atoms with E-state index in [1.807, 2.05) is 32.0 Å². The van der Waals surface area contributed by atoms with E-state index in [0.29, 0.717) is 11.2 Å². The van der Waals surface area contributed by atoms with Crippen LogP contribution in [0.5, 0.6) is 0 Å². The van der Waals surface area contributed by atoms with Gasteiger partial charge in [0.25, 0.3) is 0 Å². The SMILES string of the molecule is CC.CC(=O)C1(c2ccccc2)CCN(C)CC1.CN1CCC2(CC1)CSc1ccccc12. The van der Waals surface area contributed by atoms with Gasteiger partial charge in [-0.05, 0) is 90.1 Å². The summed E-state index contributed by atoms with van der Waals surface area (Å²) in [6.07, 6.45) is 4.58. The second-order valence-electron chi connectivity index (χ2n) is 9.68. The summed E-state index contributed by atoms with van der Waals surface area (Å²) in [6.45, 7) is 10.3. The van der Waals surface area contributed by atoms with Gasteiger partial charge in [-0.1, -0.05) is 62.4 Å². The fourth-order valence-corrected chi connectivity index (χ4v) is 6.88. The highest BCUT2D eigenvalue weighted by Crippen LogP contribution is 2.49. The van der Waals surface area contributed by atoms with Crippen molar-refractivity contribution >= 4 is 17.5 Å². The minimum atomic E-state index is -0.228. The topological polar surface area (TPSA) is 23.6 Å². The first-order valence-electron chi connectivity index (χ1n) is 12.6. The van der Waals surface area contributed by atoms with Gasteiger partial charge in [0, 0.05) is 16.1 Å². The van der Waals surface area contributed by atoms with Crippen molar-refractivity contribution in [2.45, 2.75) is 62.2 Å². The number of likely N-dealkylation sites (tertiary alicyclic amines) is 2. The van der Waals surface area contributed by atoms with E-state index in [0.717, 1.165) is 25.9 Å². The Morgan fingerprint density at radius 3 is 1.88 bits per heavy atom. The summed E-state index contributed by atoms with van der Waals surface area (Å²) in [5.74, 6) is 1.62. The lowest BCUT2D eigenvalue weighted by Crippen LogP contribution is -2.45. The molecule has 2 fully saturated rings. The molecule has 0 saturated carbocycles. The second kappa shape index (κ2) is 11.7. The summed E-state index contributed by atoms with van der Waals surface area (Å²) in [5.41, 5.74) is 3.10. The average molecular weight is 467 g/mol. The van der Waals surface area contributed by atoms with E-state index in [9.17, 15) is 4.79 Å². The van der Waals surface area contributed by atoms with Gasteiger partial charge in [0.05, 0.1) is 5.41 Å². The summed E-state index contributed by atoms with van der Waals surface area (Å²) < 4.78 is 0. The predicted octanol–water partition coefficient (Wildman–Crippen LogP) is 6.02. The Morgan fingerprint density at radius 2 is 1.30 bits per heavy atom. The van der Waals surface area contributed by atoms with Crippen LogP contribution < -0.4 is 0 Å². The van der Waals surface area contributed by atoms with Gasteiger partial charge in [0.15, 0.2) is 0 Å². The van der Waals surface area contributed by atoms with Crippen molar-refractivity contribution in [3.05, 3.63) is 65.7 Å². The number of hydrogen-bond donors (Lipinski definition) is 0. The number of fused-ring (bicyclic) bond motifs is 2. The Bertz CT molecular complexity index is 882. The van der Waals surface area contributed by atoms with Crippen molar-refractivity contribution in [1.29, 1.82) is 0 Å². The number of Topliss-reactive ketones (excluding diaryl/α,β-unsaturated/α-hetero) is 1. The number of nitrogens with zero attached hydrogens (tertiary/aromatic N) is 2. The predicted molar refractivity (Wildman–Crippen MR) is 142 cm³/mol. The summed E-state index contributed by atoms with van der Waals surface area (Å²) >= 11 is 2.06. The summed E-state index contributed by atoms with van der Waals surface area (Å²) in [6, 6.07) is 19.2. The summed E-state index contributed by atoms with van der Waals surface area (Å²) in [4.78, 5) is 18.3. The zero-order chi connectivity index (χ0) is 23.9. The van der Waals surface area contributed by atoms with Crippen molar-refractivity contribution in [1.82, 2.24) is 9.80 Å². The van der Waals surface area contributed by atoms with E-state index in [-0.39, 0.29) is 5.41 Å². The van der Waals surface area contributed by atoms with Crippen LogP contribution in [0.1, 0.15) is 57.6 Å². The quantitative estimate of drug-likeness (QED) is 0.540. The van der Waals surface area contributed by atoms with Crippen molar-refractivity contribution in [2.75, 3.05) is 46.0 Å². The molecule has 2 aromatic carbocycles. The molecule has 0 amide bonds. The molecule has 3 heterocycles. The Kier molecular flexibility index (Phi) is 9.20. The first-order chi connectivity index (χ1) is 16.0. The molecule has 3 aliphatic heterocycles. The van der Waals surface area contributed by atoms with E-state index in [1.54, 1.807) is 12.5 Å². The van der Waals surface area contributed by atoms with Gasteiger partial charge in [-0.2, -0.15) is 0 Å². The standard InChI is InChI=1S/C14H19NO.C13H17NS.C2H6/c1-12(16)14(8-10-15(2)11-9-14)13-6-4-3-5-7-13;1-14-8-6-13(7-9-14)10-15-12-5-3-2-4-11(12)13;1-2/h3-7H,8-11H2,1-2H3;2-5H,6-10H2,1H3;1-2H3. The van der Waals surface area contributed by atoms with Crippen LogP contribution in [0.15, 0.2) is 59.5 Å². The van der Waals surface area contributed by atoms with Gasteiger partial charge in [-0.15, -0.1) is 11.8 Å². The molecule has 0 N–H and O–H groups in total. The molecule has 5 rings (SSSR count). The minimum Gasteiger partial charge on any atom is -0.306 e. The Balaban J connectivity index is 0.000000173. The molecule has 0 unspecified atom stereocenters. The van der Waals surface area contributed by atoms with Crippen molar-refractivity contribution < 1.29 is 4.79 Å². The van der Waals surface area contributed by atoms with Crippen LogP contribution in [0.25, 0.3) is 0 Å². The van der Waals surface area contributed by atoms with Crippen LogP contribution in [0.3, 0.4) is 0 Å². The lowest BCUT2D eigenvalue weighted by molar-refractivity contribution is -0.124. The first-order valence-corrected chi connectivity index (χ1v) is 13.6. The minimum absolute atomic E-state index is 0.228. The fraction of sp³-hybridized carbons (Fsp3) is 0.552. The van der Waals surface area contributed by atoms with E-state index < -0.39 is 0 Å². The molecule has 2 aromatic rings. The van der Waals surface area contributed by atoms with Crippen LogP contribution in [-0.4, -0.2) is 61.6 Å². The number of thioether (sulfide) groups is 1. The number of carbonyl (C=O) groups excluding carboxylic acids is 1. The van der Waals surface area contributed by atoms with E-state index in [1.165, 1.54) is 42.1 Å². The molecule has 0 bridgehead atoms. The van der Waals surface area contributed by atoms with Crippen LogP contribution in [0, 0.1) is 0 Å². The monoisotopic (exact) mass is 466 g/mol. The van der Waals surface area contributed by atoms with Crippen molar-refractivity contribution in [3.63, 3.8) is 0 Å². The van der Waals surface area contributed by atoms with Crippen LogP contribution in [0.2, 0.25) is 0 Å². The highest BCUT2D eigenvalue weighted by atomic mass is 32.2. The molecule has 0 aliphatic carbocycles. The fourth-order valence-electron chi connectivity index (χ4n) is 5.39. The maximum Gasteiger partial charge on any atom is 0.140 e. The van der Waals surface area contributed by atoms with E-state index in [2.05, 4.69) is 72.1 Å². The molecule has 180 valence electrons. The van der Waals surface area contributed by atoms with Gasteiger partial charge < -0.3 is 9.80 Å². The second-order valence-corrected chi connectivity index (χ2v) is 10.7. The molecular formula is C29H42N2OS. The molecule has 3 aliphatic rings. The number of carbonyl (C=O) groups is 1. The van der Waals surface area contributed by atoms with Gasteiger partial charge in [-0.25, -0.2) is 0 Å². The Hall–Kier alpha value is -1.62. The molecule has 0 radical (unpaired) electrons. The Labute approximate surface area is 205 Å². The zero-order valence-electron chi connectivity index (χ0n) is 21.3. The molecule has 1 spiro atoms. The van der Waals surface area contributed by atoms with E-state index in [4.69, 9.17) is 0 Å². The molecule has 0 atom stereocenters. The molecule has 33 heavy (non-hydrogen) atoms. The van der Waals surface area contributed by atoms with Crippen LogP contribution in [-0.2, 0) is 15.6 Å². The van der Waals surface area contributed by atoms with Gasteiger partial charge >= 0.3 is 0 Å². The van der Waals surface area contributed by atoms with Gasteiger partial charge in [0.2, 0.25) is 0 Å². The Morgan fingerprint density at radius 1 is 0.788 bits per heavy atom. The third kappa shape index (κ3) is 5.72. The van der Waals surface area contributed by atoms with Crippen LogP contribution >= 0.6 is 11.8 Å².